The molecule has 2 N–H and O–H groups in total. The van der Waals surface area contributed by atoms with E-state index in [2.05, 4.69) is 4.98 Å². The highest BCUT2D eigenvalue weighted by Crippen LogP contribution is 2.33. The maximum atomic E-state index is 5.82. The van der Waals surface area contributed by atoms with Crippen LogP contribution in [0.15, 0.2) is 42.6 Å². The number of pyridine rings is 1. The Hall–Kier alpha value is -2.07. The standard InChI is InChI=1S/C14H14N2O2.C2H6/c15-8-10-3-5-11(6-4-10)13-9-17-12-2-1-7-16-14(12)18-13;1-2/h1-7,13H,8-9,15H2;1-2H3. The van der Waals surface area contributed by atoms with Crippen LogP contribution in [0.25, 0.3) is 0 Å². The number of ether oxygens (including phenoxy) is 2. The van der Waals surface area contributed by atoms with Crippen LogP contribution in [0.2, 0.25) is 0 Å². The van der Waals surface area contributed by atoms with Crippen LogP contribution in [-0.2, 0) is 6.54 Å². The molecule has 2 heterocycles. The molecule has 0 aliphatic carbocycles. The van der Waals surface area contributed by atoms with Gasteiger partial charge in [-0.05, 0) is 23.3 Å². The number of rotatable bonds is 2. The molecular formula is C16H20N2O2. The van der Waals surface area contributed by atoms with Crippen LogP contribution in [0.4, 0.5) is 0 Å². The lowest BCUT2D eigenvalue weighted by atomic mass is 10.1. The third kappa shape index (κ3) is 3.08. The van der Waals surface area contributed by atoms with Gasteiger partial charge in [-0.25, -0.2) is 4.98 Å². The minimum atomic E-state index is -0.112. The van der Waals surface area contributed by atoms with Gasteiger partial charge < -0.3 is 15.2 Å². The van der Waals surface area contributed by atoms with Crippen molar-refractivity contribution < 1.29 is 9.47 Å². The average Bonchev–Trinajstić information content (AvgIpc) is 2.56. The van der Waals surface area contributed by atoms with Gasteiger partial charge in [0.2, 0.25) is 0 Å². The number of hydrogen-bond donors (Lipinski definition) is 1. The third-order valence-electron chi connectivity index (χ3n) is 2.97. The number of nitrogens with two attached hydrogens (primary N) is 1. The van der Waals surface area contributed by atoms with E-state index in [1.54, 1.807) is 6.20 Å². The number of aromatic nitrogens is 1. The van der Waals surface area contributed by atoms with Crippen LogP contribution >= 0.6 is 0 Å². The Balaban J connectivity index is 0.000000704. The first-order valence-corrected chi connectivity index (χ1v) is 6.90. The molecule has 4 heteroatoms. The molecule has 0 radical (unpaired) electrons. The largest absolute Gasteiger partial charge is 0.484 e. The van der Waals surface area contributed by atoms with E-state index in [-0.39, 0.29) is 6.10 Å². The first kappa shape index (κ1) is 14.3. The van der Waals surface area contributed by atoms with Crippen LogP contribution in [0.1, 0.15) is 31.1 Å². The van der Waals surface area contributed by atoms with E-state index < -0.39 is 0 Å². The van der Waals surface area contributed by atoms with E-state index in [9.17, 15) is 0 Å². The van der Waals surface area contributed by atoms with Crippen LogP contribution in [-0.4, -0.2) is 11.6 Å². The molecule has 0 fully saturated rings. The molecule has 0 spiro atoms. The van der Waals surface area contributed by atoms with Gasteiger partial charge in [0, 0.05) is 12.7 Å². The topological polar surface area (TPSA) is 57.4 Å². The fourth-order valence-electron chi connectivity index (χ4n) is 1.94. The first-order chi connectivity index (χ1) is 9.86. The van der Waals surface area contributed by atoms with E-state index in [0.717, 1.165) is 11.1 Å². The quantitative estimate of drug-likeness (QED) is 0.912. The molecule has 0 saturated heterocycles. The van der Waals surface area contributed by atoms with Crippen molar-refractivity contribution in [2.45, 2.75) is 26.5 Å². The number of benzene rings is 1. The van der Waals surface area contributed by atoms with Crippen molar-refractivity contribution in [3.63, 3.8) is 0 Å². The maximum Gasteiger partial charge on any atom is 0.257 e. The summed E-state index contributed by atoms with van der Waals surface area (Å²) >= 11 is 0. The van der Waals surface area contributed by atoms with E-state index in [1.807, 2.05) is 50.2 Å². The Bertz CT molecular complexity index is 540. The molecule has 1 aromatic heterocycles. The monoisotopic (exact) mass is 272 g/mol. The zero-order valence-corrected chi connectivity index (χ0v) is 11.9. The van der Waals surface area contributed by atoms with Crippen molar-refractivity contribution in [1.29, 1.82) is 0 Å². The SMILES string of the molecule is CC.NCc1ccc(C2COc3cccnc3O2)cc1. The molecule has 20 heavy (non-hydrogen) atoms. The molecule has 3 rings (SSSR count). The van der Waals surface area contributed by atoms with E-state index >= 15 is 0 Å². The second kappa shape index (κ2) is 6.91. The van der Waals surface area contributed by atoms with Crippen molar-refractivity contribution in [3.05, 3.63) is 53.7 Å². The number of fused-ring (bicyclic) bond motifs is 1. The van der Waals surface area contributed by atoms with Crippen molar-refractivity contribution in [2.75, 3.05) is 6.61 Å². The van der Waals surface area contributed by atoms with Crippen LogP contribution in [0.3, 0.4) is 0 Å². The summed E-state index contributed by atoms with van der Waals surface area (Å²) in [6.07, 6.45) is 1.58. The van der Waals surface area contributed by atoms with Gasteiger partial charge in [0.25, 0.3) is 5.88 Å². The Labute approximate surface area is 119 Å². The Morgan fingerprint density at radius 1 is 1.20 bits per heavy atom. The molecule has 4 nitrogen and oxygen atoms in total. The lowest BCUT2D eigenvalue weighted by Crippen LogP contribution is -2.22. The smallest absolute Gasteiger partial charge is 0.257 e. The van der Waals surface area contributed by atoms with Crippen molar-refractivity contribution >= 4 is 0 Å². The van der Waals surface area contributed by atoms with Gasteiger partial charge in [0.15, 0.2) is 11.9 Å². The highest BCUT2D eigenvalue weighted by Gasteiger charge is 2.23. The summed E-state index contributed by atoms with van der Waals surface area (Å²) in [4.78, 5) is 4.16. The summed E-state index contributed by atoms with van der Waals surface area (Å²) in [5, 5.41) is 0. The third-order valence-corrected chi connectivity index (χ3v) is 2.97. The second-order valence-corrected chi connectivity index (χ2v) is 4.17. The normalized spacial score (nSPS) is 16.1. The van der Waals surface area contributed by atoms with E-state index in [4.69, 9.17) is 15.2 Å². The minimum absolute atomic E-state index is 0.112. The Morgan fingerprint density at radius 3 is 2.65 bits per heavy atom. The lowest BCUT2D eigenvalue weighted by molar-refractivity contribution is 0.0851. The molecule has 0 bridgehead atoms. The van der Waals surface area contributed by atoms with Crippen LogP contribution in [0, 0.1) is 0 Å². The van der Waals surface area contributed by atoms with Crippen molar-refractivity contribution in [3.8, 4) is 11.6 Å². The summed E-state index contributed by atoms with van der Waals surface area (Å²) < 4.78 is 11.5. The van der Waals surface area contributed by atoms with Gasteiger partial charge in [-0.3, -0.25) is 0 Å². The number of nitrogens with zero attached hydrogens (tertiary/aromatic N) is 1. The Kier molecular flexibility index (Phi) is 4.96. The van der Waals surface area contributed by atoms with Gasteiger partial charge >= 0.3 is 0 Å². The van der Waals surface area contributed by atoms with E-state index in [0.29, 0.717) is 24.8 Å². The van der Waals surface area contributed by atoms with Crippen LogP contribution in [0.5, 0.6) is 11.6 Å². The van der Waals surface area contributed by atoms with Gasteiger partial charge in [-0.1, -0.05) is 38.1 Å². The summed E-state index contributed by atoms with van der Waals surface area (Å²) in [7, 11) is 0. The summed E-state index contributed by atoms with van der Waals surface area (Å²) in [6, 6.07) is 11.7. The average molecular weight is 272 g/mol. The lowest BCUT2D eigenvalue weighted by Gasteiger charge is -2.25. The van der Waals surface area contributed by atoms with Gasteiger partial charge in [-0.15, -0.1) is 0 Å². The molecule has 1 atom stereocenters. The first-order valence-electron chi connectivity index (χ1n) is 6.90. The Morgan fingerprint density at radius 2 is 1.95 bits per heavy atom. The zero-order valence-electron chi connectivity index (χ0n) is 11.9. The van der Waals surface area contributed by atoms with Gasteiger partial charge in [-0.2, -0.15) is 0 Å². The molecule has 106 valence electrons. The summed E-state index contributed by atoms with van der Waals surface area (Å²) in [5.74, 6) is 1.25. The second-order valence-electron chi connectivity index (χ2n) is 4.17. The van der Waals surface area contributed by atoms with Crippen molar-refractivity contribution in [1.82, 2.24) is 4.98 Å². The molecule has 0 saturated carbocycles. The van der Waals surface area contributed by atoms with Gasteiger partial charge in [0.1, 0.15) is 6.61 Å². The summed E-state index contributed by atoms with van der Waals surface area (Å²) in [5.41, 5.74) is 7.75. The molecule has 1 aliphatic rings. The highest BCUT2D eigenvalue weighted by atomic mass is 16.6. The fourth-order valence-corrected chi connectivity index (χ4v) is 1.94. The van der Waals surface area contributed by atoms with Crippen molar-refractivity contribution in [2.24, 2.45) is 5.73 Å². The molecule has 2 aromatic rings. The molecule has 1 aromatic carbocycles. The predicted octanol–water partition coefficient (Wildman–Crippen LogP) is 3.08. The number of hydrogen-bond acceptors (Lipinski definition) is 4. The maximum absolute atomic E-state index is 5.82. The molecule has 1 unspecified atom stereocenters. The predicted molar refractivity (Wildman–Crippen MR) is 78.8 cm³/mol. The van der Waals surface area contributed by atoms with Gasteiger partial charge in [0.05, 0.1) is 0 Å². The molecule has 1 aliphatic heterocycles. The summed E-state index contributed by atoms with van der Waals surface area (Å²) in [6.45, 7) is 5.05. The minimum Gasteiger partial charge on any atom is -0.484 e. The van der Waals surface area contributed by atoms with E-state index in [1.165, 1.54) is 0 Å². The zero-order chi connectivity index (χ0) is 14.4. The fraction of sp³-hybridized carbons (Fsp3) is 0.312. The molecular weight excluding hydrogens is 252 g/mol. The van der Waals surface area contributed by atoms with Crippen LogP contribution < -0.4 is 15.2 Å². The highest BCUT2D eigenvalue weighted by molar-refractivity contribution is 5.35. The molecule has 0 amide bonds.